The Bertz CT molecular complexity index is 488. The van der Waals surface area contributed by atoms with Crippen LogP contribution in [0.5, 0.6) is 0 Å². The molecule has 2 aromatic rings. The van der Waals surface area contributed by atoms with E-state index in [2.05, 4.69) is 20.9 Å². The molecule has 0 aliphatic rings. The number of pyridine rings is 1. The van der Waals surface area contributed by atoms with Gasteiger partial charge in [0.15, 0.2) is 0 Å². The van der Waals surface area contributed by atoms with Crippen LogP contribution in [-0.4, -0.2) is 4.98 Å². The van der Waals surface area contributed by atoms with Crippen molar-refractivity contribution in [3.8, 4) is 0 Å². The van der Waals surface area contributed by atoms with Gasteiger partial charge in [-0.2, -0.15) is 0 Å². The van der Waals surface area contributed by atoms with Crippen LogP contribution in [0.25, 0.3) is 0 Å². The molecule has 82 valence electrons. The van der Waals surface area contributed by atoms with Gasteiger partial charge in [0, 0.05) is 11.8 Å². The highest BCUT2D eigenvalue weighted by molar-refractivity contribution is 9.10. The van der Waals surface area contributed by atoms with Crippen LogP contribution in [0.4, 0.5) is 4.39 Å². The van der Waals surface area contributed by atoms with Crippen LogP contribution in [0.1, 0.15) is 17.3 Å². The van der Waals surface area contributed by atoms with Crippen molar-refractivity contribution in [1.82, 2.24) is 4.98 Å². The Hall–Kier alpha value is -1.26. The maximum Gasteiger partial charge on any atom is 0.142 e. The molecule has 2 N–H and O–H groups in total. The van der Waals surface area contributed by atoms with Gasteiger partial charge in [-0.3, -0.25) is 4.98 Å². The Labute approximate surface area is 101 Å². The molecule has 4 heteroatoms. The number of nitrogens with zero attached hydrogens (tertiary/aromatic N) is 1. The SMILES string of the molecule is NC(c1ccccn1)c1cccc(Br)c1F. The van der Waals surface area contributed by atoms with E-state index >= 15 is 0 Å². The molecule has 0 bridgehead atoms. The summed E-state index contributed by atoms with van der Waals surface area (Å²) in [6, 6.07) is 9.93. The largest absolute Gasteiger partial charge is 0.319 e. The predicted molar refractivity (Wildman–Crippen MR) is 64.4 cm³/mol. The summed E-state index contributed by atoms with van der Waals surface area (Å²) in [5, 5.41) is 0. The summed E-state index contributed by atoms with van der Waals surface area (Å²) < 4.78 is 14.2. The summed E-state index contributed by atoms with van der Waals surface area (Å²) in [7, 11) is 0. The first kappa shape index (κ1) is 11.2. The Morgan fingerprint density at radius 2 is 2.00 bits per heavy atom. The first-order chi connectivity index (χ1) is 7.70. The van der Waals surface area contributed by atoms with Gasteiger partial charge in [-0.15, -0.1) is 0 Å². The third kappa shape index (κ3) is 2.13. The third-order valence-corrected chi connectivity index (χ3v) is 2.94. The minimum Gasteiger partial charge on any atom is -0.319 e. The minimum absolute atomic E-state index is 0.333. The summed E-state index contributed by atoms with van der Waals surface area (Å²) in [6.07, 6.45) is 1.64. The van der Waals surface area contributed by atoms with E-state index in [1.807, 2.05) is 6.07 Å². The molecule has 1 unspecified atom stereocenters. The van der Waals surface area contributed by atoms with Crippen molar-refractivity contribution in [3.05, 3.63) is 64.1 Å². The lowest BCUT2D eigenvalue weighted by Gasteiger charge is -2.12. The van der Waals surface area contributed by atoms with Crippen LogP contribution < -0.4 is 5.73 Å². The molecule has 2 rings (SSSR count). The van der Waals surface area contributed by atoms with Crippen molar-refractivity contribution >= 4 is 15.9 Å². The summed E-state index contributed by atoms with van der Waals surface area (Å²) in [4.78, 5) is 4.12. The fraction of sp³-hybridized carbons (Fsp3) is 0.0833. The van der Waals surface area contributed by atoms with Crippen molar-refractivity contribution in [2.75, 3.05) is 0 Å². The number of aromatic nitrogens is 1. The normalized spacial score (nSPS) is 12.4. The molecular formula is C12H10BrFN2. The van der Waals surface area contributed by atoms with Crippen LogP contribution in [0, 0.1) is 5.82 Å². The summed E-state index contributed by atoms with van der Waals surface area (Å²) in [5.74, 6) is -0.333. The van der Waals surface area contributed by atoms with E-state index in [0.29, 0.717) is 15.7 Å². The molecule has 0 radical (unpaired) electrons. The van der Waals surface area contributed by atoms with E-state index in [4.69, 9.17) is 5.73 Å². The van der Waals surface area contributed by atoms with E-state index in [1.165, 1.54) is 0 Å². The number of hydrogen-bond donors (Lipinski definition) is 1. The molecule has 0 saturated heterocycles. The van der Waals surface area contributed by atoms with Crippen LogP contribution >= 0.6 is 15.9 Å². The van der Waals surface area contributed by atoms with Gasteiger partial charge in [-0.05, 0) is 34.1 Å². The van der Waals surface area contributed by atoms with Crippen LogP contribution in [0.3, 0.4) is 0 Å². The van der Waals surface area contributed by atoms with Gasteiger partial charge in [0.2, 0.25) is 0 Å². The van der Waals surface area contributed by atoms with E-state index in [-0.39, 0.29) is 5.82 Å². The zero-order valence-electron chi connectivity index (χ0n) is 8.40. The van der Waals surface area contributed by atoms with Crippen LogP contribution in [0.2, 0.25) is 0 Å². The number of rotatable bonds is 2. The highest BCUT2D eigenvalue weighted by atomic mass is 79.9. The molecule has 0 amide bonds. The summed E-state index contributed by atoms with van der Waals surface area (Å²) in [5.41, 5.74) is 7.05. The van der Waals surface area contributed by atoms with Gasteiger partial charge in [0.05, 0.1) is 16.2 Å². The van der Waals surface area contributed by atoms with Crippen LogP contribution in [0.15, 0.2) is 47.1 Å². The predicted octanol–water partition coefficient (Wildman–Crippen LogP) is 3.03. The molecule has 16 heavy (non-hydrogen) atoms. The standard InChI is InChI=1S/C12H10BrFN2/c13-9-5-3-4-8(11(9)14)12(15)10-6-1-2-7-16-10/h1-7,12H,15H2. The topological polar surface area (TPSA) is 38.9 Å². The first-order valence-corrected chi connectivity index (χ1v) is 5.60. The van der Waals surface area contributed by atoms with E-state index in [1.54, 1.807) is 36.5 Å². The molecule has 2 nitrogen and oxygen atoms in total. The van der Waals surface area contributed by atoms with Gasteiger partial charge >= 0.3 is 0 Å². The average molecular weight is 281 g/mol. The molecule has 0 spiro atoms. The second-order valence-electron chi connectivity index (χ2n) is 3.38. The van der Waals surface area contributed by atoms with Gasteiger partial charge in [0.1, 0.15) is 5.82 Å². The number of benzene rings is 1. The van der Waals surface area contributed by atoms with E-state index in [0.717, 1.165) is 0 Å². The van der Waals surface area contributed by atoms with Crippen molar-refractivity contribution in [2.24, 2.45) is 5.73 Å². The lowest BCUT2D eigenvalue weighted by atomic mass is 10.0. The van der Waals surface area contributed by atoms with Gasteiger partial charge < -0.3 is 5.73 Å². The number of nitrogens with two attached hydrogens (primary N) is 1. The van der Waals surface area contributed by atoms with Gasteiger partial charge in [0.25, 0.3) is 0 Å². The Kier molecular flexibility index (Phi) is 3.31. The molecule has 1 atom stereocenters. The Morgan fingerprint density at radius 3 is 2.69 bits per heavy atom. The zero-order valence-corrected chi connectivity index (χ0v) is 9.99. The summed E-state index contributed by atoms with van der Waals surface area (Å²) >= 11 is 3.14. The maximum absolute atomic E-state index is 13.8. The number of halogens is 2. The minimum atomic E-state index is -0.543. The fourth-order valence-corrected chi connectivity index (χ4v) is 1.86. The monoisotopic (exact) mass is 280 g/mol. The molecule has 0 aliphatic heterocycles. The third-order valence-electron chi connectivity index (χ3n) is 2.32. The number of hydrogen-bond acceptors (Lipinski definition) is 2. The van der Waals surface area contributed by atoms with Crippen molar-refractivity contribution in [2.45, 2.75) is 6.04 Å². The van der Waals surface area contributed by atoms with Crippen molar-refractivity contribution in [3.63, 3.8) is 0 Å². The summed E-state index contributed by atoms with van der Waals surface area (Å²) in [6.45, 7) is 0. The molecule has 1 heterocycles. The van der Waals surface area contributed by atoms with Crippen molar-refractivity contribution < 1.29 is 4.39 Å². The molecule has 1 aromatic carbocycles. The lowest BCUT2D eigenvalue weighted by Crippen LogP contribution is -2.15. The van der Waals surface area contributed by atoms with Crippen LogP contribution in [-0.2, 0) is 0 Å². The smallest absolute Gasteiger partial charge is 0.142 e. The second kappa shape index (κ2) is 4.72. The molecule has 0 saturated carbocycles. The lowest BCUT2D eigenvalue weighted by molar-refractivity contribution is 0.591. The molecular weight excluding hydrogens is 271 g/mol. The van der Waals surface area contributed by atoms with Crippen molar-refractivity contribution in [1.29, 1.82) is 0 Å². The zero-order chi connectivity index (χ0) is 11.5. The molecule has 0 aliphatic carbocycles. The highest BCUT2D eigenvalue weighted by Gasteiger charge is 2.15. The quantitative estimate of drug-likeness (QED) is 0.919. The average Bonchev–Trinajstić information content (AvgIpc) is 2.33. The second-order valence-corrected chi connectivity index (χ2v) is 4.23. The highest BCUT2D eigenvalue weighted by Crippen LogP contribution is 2.25. The van der Waals surface area contributed by atoms with E-state index < -0.39 is 6.04 Å². The molecule has 1 aromatic heterocycles. The van der Waals surface area contributed by atoms with E-state index in [9.17, 15) is 4.39 Å². The Morgan fingerprint density at radius 1 is 1.19 bits per heavy atom. The Balaban J connectivity index is 2.42. The van der Waals surface area contributed by atoms with Gasteiger partial charge in [-0.25, -0.2) is 4.39 Å². The fourth-order valence-electron chi connectivity index (χ4n) is 1.48. The first-order valence-electron chi connectivity index (χ1n) is 4.80. The van der Waals surface area contributed by atoms with Gasteiger partial charge in [-0.1, -0.05) is 18.2 Å². The molecule has 0 fully saturated rings. The maximum atomic E-state index is 13.8.